The molecule has 146 valence electrons. The maximum atomic E-state index is 13.9. The minimum atomic E-state index is -0.679. The second-order valence-corrected chi connectivity index (χ2v) is 6.83. The molecular formula is C20H19FN2O4S. The highest BCUT2D eigenvalue weighted by Gasteiger charge is 2.14. The first-order chi connectivity index (χ1) is 13.5. The number of fused-ring (bicyclic) bond motifs is 1. The number of aryl methyl sites for hydroxylation is 1. The van der Waals surface area contributed by atoms with Gasteiger partial charge in [0, 0.05) is 12.6 Å². The van der Waals surface area contributed by atoms with E-state index in [1.165, 1.54) is 29.5 Å². The average Bonchev–Trinajstić information content (AvgIpc) is 3.02. The van der Waals surface area contributed by atoms with Gasteiger partial charge in [0.05, 0.1) is 35.9 Å². The lowest BCUT2D eigenvalue weighted by atomic mass is 10.2. The van der Waals surface area contributed by atoms with Gasteiger partial charge in [-0.1, -0.05) is 23.5 Å². The van der Waals surface area contributed by atoms with Crippen LogP contribution in [-0.4, -0.2) is 30.2 Å². The van der Waals surface area contributed by atoms with E-state index < -0.39 is 11.7 Å². The number of amides is 1. The minimum absolute atomic E-state index is 0.102. The first-order valence-corrected chi connectivity index (χ1v) is 9.51. The molecule has 0 spiro atoms. The predicted octanol–water partition coefficient (Wildman–Crippen LogP) is 3.54. The Morgan fingerprint density at radius 1 is 1.21 bits per heavy atom. The van der Waals surface area contributed by atoms with E-state index in [9.17, 15) is 14.0 Å². The summed E-state index contributed by atoms with van der Waals surface area (Å²) in [6.45, 7) is 2.31. The molecule has 0 saturated heterocycles. The second-order valence-electron chi connectivity index (χ2n) is 5.82. The van der Waals surface area contributed by atoms with Crippen molar-refractivity contribution >= 4 is 33.4 Å². The number of hydrogen-bond donors (Lipinski definition) is 0. The Balaban J connectivity index is 2.07. The van der Waals surface area contributed by atoms with Gasteiger partial charge in [0.15, 0.2) is 4.80 Å². The molecule has 1 aromatic heterocycles. The van der Waals surface area contributed by atoms with Crippen molar-refractivity contribution in [1.29, 1.82) is 0 Å². The third-order valence-electron chi connectivity index (χ3n) is 4.04. The molecule has 0 aliphatic heterocycles. The molecule has 0 aliphatic rings. The third kappa shape index (κ3) is 4.28. The number of benzene rings is 2. The Morgan fingerprint density at radius 3 is 2.71 bits per heavy atom. The van der Waals surface area contributed by atoms with Crippen molar-refractivity contribution < 1.29 is 23.5 Å². The van der Waals surface area contributed by atoms with Crippen LogP contribution in [0.5, 0.6) is 5.75 Å². The Morgan fingerprint density at radius 2 is 2.00 bits per heavy atom. The van der Waals surface area contributed by atoms with Gasteiger partial charge in [0.2, 0.25) is 0 Å². The first-order valence-electron chi connectivity index (χ1n) is 8.70. The van der Waals surface area contributed by atoms with Crippen LogP contribution in [0, 0.1) is 5.82 Å². The highest BCUT2D eigenvalue weighted by molar-refractivity contribution is 7.16. The molecule has 0 radical (unpaired) electrons. The molecule has 1 amide bonds. The minimum Gasteiger partial charge on any atom is -0.497 e. The van der Waals surface area contributed by atoms with Crippen LogP contribution >= 0.6 is 11.3 Å². The highest BCUT2D eigenvalue weighted by Crippen LogP contribution is 2.23. The van der Waals surface area contributed by atoms with Crippen LogP contribution < -0.4 is 9.54 Å². The molecule has 0 unspecified atom stereocenters. The van der Waals surface area contributed by atoms with E-state index in [2.05, 4.69) is 4.99 Å². The van der Waals surface area contributed by atoms with Gasteiger partial charge in [-0.3, -0.25) is 9.59 Å². The molecule has 8 heteroatoms. The summed E-state index contributed by atoms with van der Waals surface area (Å²) < 4.78 is 26.8. The van der Waals surface area contributed by atoms with Crippen molar-refractivity contribution in [1.82, 2.24) is 4.57 Å². The summed E-state index contributed by atoms with van der Waals surface area (Å²) in [5.74, 6) is -1.01. The summed E-state index contributed by atoms with van der Waals surface area (Å²) in [6.07, 6.45) is 0.123. The standard InChI is InChI=1S/C20H19FN2O4S/c1-3-27-18(24)10-11-23-16-12-13(26-2)8-9-17(16)28-20(23)22-19(25)14-6-4-5-7-15(14)21/h4-9,12H,3,10-11H2,1-2H3. The summed E-state index contributed by atoms with van der Waals surface area (Å²) in [6, 6.07) is 11.2. The maximum absolute atomic E-state index is 13.9. The molecular weight excluding hydrogens is 383 g/mol. The molecule has 0 N–H and O–H groups in total. The molecule has 3 aromatic rings. The van der Waals surface area contributed by atoms with Gasteiger partial charge in [-0.25, -0.2) is 4.39 Å². The lowest BCUT2D eigenvalue weighted by Gasteiger charge is -2.06. The van der Waals surface area contributed by atoms with Crippen LogP contribution in [-0.2, 0) is 16.1 Å². The SMILES string of the molecule is CCOC(=O)CCn1c(=NC(=O)c2ccccc2F)sc2ccc(OC)cc21. The molecule has 28 heavy (non-hydrogen) atoms. The Kier molecular flexibility index (Phi) is 6.20. The number of halogens is 1. The number of methoxy groups -OCH3 is 1. The summed E-state index contributed by atoms with van der Waals surface area (Å²) in [4.78, 5) is 28.8. The van der Waals surface area contributed by atoms with Crippen LogP contribution in [0.1, 0.15) is 23.7 Å². The van der Waals surface area contributed by atoms with E-state index in [1.807, 2.05) is 12.1 Å². The number of thiazole rings is 1. The molecule has 0 aliphatic carbocycles. The lowest BCUT2D eigenvalue weighted by Crippen LogP contribution is -2.19. The van der Waals surface area contributed by atoms with Crippen LogP contribution in [0.25, 0.3) is 10.2 Å². The van der Waals surface area contributed by atoms with Crippen molar-refractivity contribution in [3.8, 4) is 5.75 Å². The zero-order valence-corrected chi connectivity index (χ0v) is 16.3. The van der Waals surface area contributed by atoms with Crippen molar-refractivity contribution in [2.75, 3.05) is 13.7 Å². The fourth-order valence-corrected chi connectivity index (χ4v) is 3.73. The quantitative estimate of drug-likeness (QED) is 0.592. The van der Waals surface area contributed by atoms with E-state index in [-0.39, 0.29) is 24.5 Å². The van der Waals surface area contributed by atoms with Gasteiger partial charge in [-0.05, 0) is 31.2 Å². The van der Waals surface area contributed by atoms with E-state index in [0.29, 0.717) is 17.2 Å². The zero-order valence-electron chi connectivity index (χ0n) is 15.5. The zero-order chi connectivity index (χ0) is 20.1. The number of rotatable bonds is 6. The van der Waals surface area contributed by atoms with Gasteiger partial charge >= 0.3 is 5.97 Å². The molecule has 3 rings (SSSR count). The third-order valence-corrected chi connectivity index (χ3v) is 5.09. The van der Waals surface area contributed by atoms with Crippen molar-refractivity contribution in [2.24, 2.45) is 4.99 Å². The van der Waals surface area contributed by atoms with Gasteiger partial charge in [0.1, 0.15) is 11.6 Å². The van der Waals surface area contributed by atoms with Crippen LogP contribution in [0.3, 0.4) is 0 Å². The maximum Gasteiger partial charge on any atom is 0.307 e. The smallest absolute Gasteiger partial charge is 0.307 e. The molecule has 0 fully saturated rings. The number of esters is 1. The predicted molar refractivity (Wildman–Crippen MR) is 104 cm³/mol. The van der Waals surface area contributed by atoms with Gasteiger partial charge in [0.25, 0.3) is 5.91 Å². The summed E-state index contributed by atoms with van der Waals surface area (Å²) in [5.41, 5.74) is 0.670. The number of hydrogen-bond acceptors (Lipinski definition) is 5. The number of carbonyl (C=O) groups is 2. The van der Waals surface area contributed by atoms with Gasteiger partial charge in [-0.15, -0.1) is 0 Å². The summed E-state index contributed by atoms with van der Waals surface area (Å²) >= 11 is 1.28. The highest BCUT2D eigenvalue weighted by atomic mass is 32.1. The van der Waals surface area contributed by atoms with Crippen LogP contribution in [0.2, 0.25) is 0 Å². The first kappa shape index (κ1) is 19.8. The topological polar surface area (TPSA) is 69.9 Å². The van der Waals surface area contributed by atoms with E-state index in [0.717, 1.165) is 10.2 Å². The fourth-order valence-electron chi connectivity index (χ4n) is 2.70. The number of nitrogens with zero attached hydrogens (tertiary/aromatic N) is 2. The van der Waals surface area contributed by atoms with Crippen molar-refractivity contribution in [2.45, 2.75) is 19.9 Å². The van der Waals surface area contributed by atoms with E-state index in [1.54, 1.807) is 30.7 Å². The summed E-state index contributed by atoms with van der Waals surface area (Å²) in [7, 11) is 1.56. The monoisotopic (exact) mass is 402 g/mol. The van der Waals surface area contributed by atoms with Crippen molar-refractivity contribution in [3.05, 3.63) is 58.6 Å². The number of aromatic nitrogens is 1. The second kappa shape index (κ2) is 8.79. The molecule has 0 saturated carbocycles. The number of ether oxygens (including phenoxy) is 2. The Bertz CT molecular complexity index is 1090. The molecule has 0 bridgehead atoms. The molecule has 2 aromatic carbocycles. The lowest BCUT2D eigenvalue weighted by molar-refractivity contribution is -0.143. The van der Waals surface area contributed by atoms with Gasteiger partial charge in [-0.2, -0.15) is 4.99 Å². The summed E-state index contributed by atoms with van der Waals surface area (Å²) in [5, 5.41) is 0. The largest absolute Gasteiger partial charge is 0.497 e. The van der Waals surface area contributed by atoms with E-state index in [4.69, 9.17) is 9.47 Å². The van der Waals surface area contributed by atoms with E-state index >= 15 is 0 Å². The Hall–Kier alpha value is -3.00. The average molecular weight is 402 g/mol. The van der Waals surface area contributed by atoms with Crippen LogP contribution in [0.15, 0.2) is 47.5 Å². The normalized spacial score (nSPS) is 11.6. The number of carbonyl (C=O) groups excluding carboxylic acids is 2. The van der Waals surface area contributed by atoms with Gasteiger partial charge < -0.3 is 14.0 Å². The Labute approximate surface area is 164 Å². The van der Waals surface area contributed by atoms with Crippen LogP contribution in [0.4, 0.5) is 4.39 Å². The molecule has 6 nitrogen and oxygen atoms in total. The fraction of sp³-hybridized carbons (Fsp3) is 0.250. The molecule has 1 heterocycles. The molecule has 0 atom stereocenters. The van der Waals surface area contributed by atoms with Crippen molar-refractivity contribution in [3.63, 3.8) is 0 Å².